The van der Waals surface area contributed by atoms with E-state index in [4.69, 9.17) is 17.3 Å². The second-order valence-electron chi connectivity index (χ2n) is 4.27. The Hall–Kier alpha value is -1.59. The first-order chi connectivity index (χ1) is 9.38. The lowest BCUT2D eigenvalue weighted by molar-refractivity contribution is 0.102. The van der Waals surface area contributed by atoms with Crippen LogP contribution in [0.4, 0.5) is 15.8 Å². The largest absolute Gasteiger partial charge is 0.398 e. The molecule has 0 fully saturated rings. The number of anilines is 2. The fourth-order valence-corrected chi connectivity index (χ4v) is 2.12. The zero-order chi connectivity index (χ0) is 14.9. The Morgan fingerprint density at radius 2 is 2.05 bits per heavy atom. The number of halogens is 3. The number of carbonyl (C=O) groups excluding carboxylic acids is 1. The molecule has 0 heterocycles. The maximum atomic E-state index is 13.3. The normalized spacial score (nSPS) is 10.4. The van der Waals surface area contributed by atoms with Gasteiger partial charge >= 0.3 is 0 Å². The zero-order valence-electron chi connectivity index (χ0n) is 10.5. The van der Waals surface area contributed by atoms with Crippen molar-refractivity contribution in [2.75, 3.05) is 11.1 Å². The summed E-state index contributed by atoms with van der Waals surface area (Å²) in [5.41, 5.74) is 7.52. The van der Waals surface area contributed by atoms with E-state index in [1.165, 1.54) is 18.2 Å². The van der Waals surface area contributed by atoms with E-state index >= 15 is 0 Å². The predicted octanol–water partition coefficient (Wildman–Crippen LogP) is 4.38. The molecule has 0 aliphatic carbocycles. The summed E-state index contributed by atoms with van der Waals surface area (Å²) >= 11 is 8.89. The lowest BCUT2D eigenvalue weighted by Gasteiger charge is -2.10. The quantitative estimate of drug-likeness (QED) is 0.783. The molecule has 104 valence electrons. The first-order valence-corrected chi connectivity index (χ1v) is 6.87. The van der Waals surface area contributed by atoms with Gasteiger partial charge in [0.25, 0.3) is 5.91 Å². The zero-order valence-corrected chi connectivity index (χ0v) is 12.8. The van der Waals surface area contributed by atoms with Crippen molar-refractivity contribution in [1.82, 2.24) is 0 Å². The third-order valence-electron chi connectivity index (χ3n) is 2.77. The number of hydrogen-bond donors (Lipinski definition) is 2. The molecule has 0 aliphatic heterocycles. The topological polar surface area (TPSA) is 55.1 Å². The number of amides is 1. The number of nitrogens with two attached hydrogens (primary N) is 1. The van der Waals surface area contributed by atoms with Gasteiger partial charge in [-0.3, -0.25) is 4.79 Å². The highest BCUT2D eigenvalue weighted by Gasteiger charge is 2.11. The van der Waals surface area contributed by atoms with Gasteiger partial charge in [-0.1, -0.05) is 11.6 Å². The van der Waals surface area contributed by atoms with Crippen LogP contribution in [0.2, 0.25) is 5.02 Å². The van der Waals surface area contributed by atoms with Crippen molar-refractivity contribution in [1.29, 1.82) is 0 Å². The van der Waals surface area contributed by atoms with Crippen LogP contribution in [0.15, 0.2) is 34.8 Å². The SMILES string of the molecule is Cc1cc(F)c(Br)cc1NC(=O)c1ccc(Cl)c(N)c1. The number of hydrogen-bond acceptors (Lipinski definition) is 2. The third kappa shape index (κ3) is 3.11. The second-order valence-corrected chi connectivity index (χ2v) is 5.53. The molecule has 0 atom stereocenters. The van der Waals surface area contributed by atoms with E-state index in [1.54, 1.807) is 19.1 Å². The summed E-state index contributed by atoms with van der Waals surface area (Å²) in [6.07, 6.45) is 0. The first-order valence-electron chi connectivity index (χ1n) is 5.70. The number of rotatable bonds is 2. The van der Waals surface area contributed by atoms with Crippen molar-refractivity contribution >= 4 is 44.8 Å². The molecule has 2 aromatic rings. The van der Waals surface area contributed by atoms with Crippen molar-refractivity contribution in [3.8, 4) is 0 Å². The van der Waals surface area contributed by atoms with Crippen molar-refractivity contribution in [2.45, 2.75) is 6.92 Å². The van der Waals surface area contributed by atoms with Crippen LogP contribution in [-0.4, -0.2) is 5.91 Å². The van der Waals surface area contributed by atoms with E-state index in [1.807, 2.05) is 0 Å². The van der Waals surface area contributed by atoms with E-state index in [-0.39, 0.29) is 16.2 Å². The average Bonchev–Trinajstić information content (AvgIpc) is 2.39. The summed E-state index contributed by atoms with van der Waals surface area (Å²) in [7, 11) is 0. The van der Waals surface area contributed by atoms with Crippen LogP contribution in [0.5, 0.6) is 0 Å². The Kier molecular flexibility index (Phi) is 4.30. The molecule has 0 aliphatic rings. The predicted molar refractivity (Wildman–Crippen MR) is 82.7 cm³/mol. The lowest BCUT2D eigenvalue weighted by Crippen LogP contribution is -2.13. The molecule has 0 bridgehead atoms. The number of carbonyl (C=O) groups is 1. The van der Waals surface area contributed by atoms with E-state index < -0.39 is 0 Å². The minimum absolute atomic E-state index is 0.286. The standard InChI is InChI=1S/C14H11BrClFN2O/c1-7-4-11(17)9(15)6-13(7)19-14(20)8-2-3-10(16)12(18)5-8/h2-6H,18H2,1H3,(H,19,20). The second kappa shape index (κ2) is 5.81. The molecule has 0 saturated heterocycles. The van der Waals surface area contributed by atoms with Crippen molar-refractivity contribution in [3.63, 3.8) is 0 Å². The number of aryl methyl sites for hydroxylation is 1. The summed E-state index contributed by atoms with van der Waals surface area (Å²) < 4.78 is 13.6. The average molecular weight is 358 g/mol. The van der Waals surface area contributed by atoms with E-state index in [0.717, 1.165) is 0 Å². The maximum absolute atomic E-state index is 13.3. The monoisotopic (exact) mass is 356 g/mol. The Bertz CT molecular complexity index is 691. The molecule has 0 unspecified atom stereocenters. The molecule has 0 spiro atoms. The van der Waals surface area contributed by atoms with Gasteiger partial charge in [0, 0.05) is 11.3 Å². The summed E-state index contributed by atoms with van der Waals surface area (Å²) in [4.78, 5) is 12.1. The van der Waals surface area contributed by atoms with Crippen molar-refractivity contribution in [2.24, 2.45) is 0 Å². The van der Waals surface area contributed by atoms with Gasteiger partial charge in [-0.05, 0) is 58.7 Å². The fraction of sp³-hybridized carbons (Fsp3) is 0.0714. The van der Waals surface area contributed by atoms with Crippen molar-refractivity contribution < 1.29 is 9.18 Å². The molecular formula is C14H11BrClFN2O. The van der Waals surface area contributed by atoms with E-state index in [0.29, 0.717) is 27.5 Å². The number of nitrogens with one attached hydrogen (secondary N) is 1. The molecule has 6 heteroatoms. The van der Waals surface area contributed by atoms with E-state index in [2.05, 4.69) is 21.2 Å². The van der Waals surface area contributed by atoms with Gasteiger partial charge in [-0.25, -0.2) is 4.39 Å². The highest BCUT2D eigenvalue weighted by atomic mass is 79.9. The van der Waals surface area contributed by atoms with Crippen LogP contribution < -0.4 is 11.1 Å². The molecular weight excluding hydrogens is 347 g/mol. The molecule has 20 heavy (non-hydrogen) atoms. The fourth-order valence-electron chi connectivity index (χ4n) is 1.66. The van der Waals surface area contributed by atoms with Gasteiger partial charge in [0.1, 0.15) is 5.82 Å². The Balaban J connectivity index is 2.27. The molecule has 3 N–H and O–H groups in total. The third-order valence-corrected chi connectivity index (χ3v) is 3.73. The minimum Gasteiger partial charge on any atom is -0.398 e. The summed E-state index contributed by atoms with van der Waals surface area (Å²) in [5, 5.41) is 3.10. The summed E-state index contributed by atoms with van der Waals surface area (Å²) in [6, 6.07) is 7.48. The van der Waals surface area contributed by atoms with Gasteiger partial charge in [0.2, 0.25) is 0 Å². The lowest BCUT2D eigenvalue weighted by atomic mass is 10.1. The number of benzene rings is 2. The Labute approximate surface area is 129 Å². The summed E-state index contributed by atoms with van der Waals surface area (Å²) in [5.74, 6) is -0.716. The van der Waals surface area contributed by atoms with Crippen LogP contribution in [0.3, 0.4) is 0 Å². The van der Waals surface area contributed by atoms with Crippen molar-refractivity contribution in [3.05, 3.63) is 56.8 Å². The molecule has 2 rings (SSSR count). The Morgan fingerprint density at radius 3 is 2.70 bits per heavy atom. The van der Waals surface area contributed by atoms with Crippen LogP contribution >= 0.6 is 27.5 Å². The van der Waals surface area contributed by atoms with Crippen LogP contribution in [0.25, 0.3) is 0 Å². The molecule has 2 aromatic carbocycles. The van der Waals surface area contributed by atoms with E-state index in [9.17, 15) is 9.18 Å². The van der Waals surface area contributed by atoms with Gasteiger partial charge in [0.15, 0.2) is 0 Å². The Morgan fingerprint density at radius 1 is 1.35 bits per heavy atom. The molecule has 1 amide bonds. The minimum atomic E-state index is -0.378. The maximum Gasteiger partial charge on any atom is 0.255 e. The van der Waals surface area contributed by atoms with Gasteiger partial charge in [-0.15, -0.1) is 0 Å². The molecule has 0 aromatic heterocycles. The van der Waals surface area contributed by atoms with Gasteiger partial charge in [-0.2, -0.15) is 0 Å². The van der Waals surface area contributed by atoms with Crippen LogP contribution in [0, 0.1) is 12.7 Å². The van der Waals surface area contributed by atoms with Crippen LogP contribution in [-0.2, 0) is 0 Å². The molecule has 3 nitrogen and oxygen atoms in total. The first kappa shape index (κ1) is 14.8. The smallest absolute Gasteiger partial charge is 0.255 e. The highest BCUT2D eigenvalue weighted by molar-refractivity contribution is 9.10. The summed E-state index contributed by atoms with van der Waals surface area (Å²) in [6.45, 7) is 1.71. The van der Waals surface area contributed by atoms with Gasteiger partial charge in [0.05, 0.1) is 15.2 Å². The highest BCUT2D eigenvalue weighted by Crippen LogP contribution is 2.25. The molecule has 0 saturated carbocycles. The molecule has 0 radical (unpaired) electrons. The van der Waals surface area contributed by atoms with Crippen LogP contribution in [0.1, 0.15) is 15.9 Å². The van der Waals surface area contributed by atoms with Gasteiger partial charge < -0.3 is 11.1 Å². The number of nitrogen functional groups attached to an aromatic ring is 1.